The van der Waals surface area contributed by atoms with Gasteiger partial charge in [-0.2, -0.15) is 5.10 Å². The molecule has 7 heteroatoms. The number of rotatable bonds is 3. The monoisotopic (exact) mass is 304 g/mol. The number of aliphatic hydroxyl groups excluding tert-OH is 1. The number of halogens is 1. The second-order valence-corrected chi connectivity index (χ2v) is 4.63. The number of aromatic nitrogens is 3. The van der Waals surface area contributed by atoms with E-state index >= 15 is 0 Å². The van der Waals surface area contributed by atoms with Crippen LogP contribution in [-0.2, 0) is 0 Å². The topological polar surface area (TPSA) is 90.9 Å². The summed E-state index contributed by atoms with van der Waals surface area (Å²) in [7, 11) is 0. The van der Waals surface area contributed by atoms with Crippen molar-refractivity contribution in [1.29, 1.82) is 0 Å². The van der Waals surface area contributed by atoms with Crippen molar-refractivity contribution < 1.29 is 9.90 Å². The molecule has 1 unspecified atom stereocenters. The molecule has 2 rings (SSSR count). The molecule has 0 aliphatic carbocycles. The van der Waals surface area contributed by atoms with Crippen LogP contribution in [0.3, 0.4) is 0 Å². The van der Waals surface area contributed by atoms with Crippen LogP contribution in [0.4, 0.5) is 0 Å². The number of carbonyl (C=O) groups is 1. The van der Waals surface area contributed by atoms with Gasteiger partial charge in [-0.25, -0.2) is 4.98 Å². The second-order valence-electron chi connectivity index (χ2n) is 4.22. The van der Waals surface area contributed by atoms with Crippen molar-refractivity contribution in [1.82, 2.24) is 20.5 Å². The molecule has 0 saturated heterocycles. The van der Waals surface area contributed by atoms with E-state index in [1.165, 1.54) is 12.4 Å². The van der Waals surface area contributed by atoms with Gasteiger partial charge in [0.1, 0.15) is 18.8 Å². The zero-order valence-corrected chi connectivity index (χ0v) is 12.0. The summed E-state index contributed by atoms with van der Waals surface area (Å²) in [4.78, 5) is 16.1. The Morgan fingerprint density at radius 1 is 1.57 bits per heavy atom. The van der Waals surface area contributed by atoms with Gasteiger partial charge in [0.25, 0.3) is 5.91 Å². The lowest BCUT2D eigenvalue weighted by atomic mass is 10.1. The molecule has 0 aliphatic rings. The second kappa shape index (κ2) is 6.88. The number of nitrogens with zero attached hydrogens (tertiary/aromatic N) is 2. The van der Waals surface area contributed by atoms with Crippen LogP contribution >= 0.6 is 11.6 Å². The van der Waals surface area contributed by atoms with Crippen molar-refractivity contribution >= 4 is 17.5 Å². The molecule has 108 valence electrons. The fraction of sp³-hybridized carbons (Fsp3) is 0.214. The standard InChI is InChI=1S/C14H13ClN4O2/c1-9(13-16-8-17-19-13)18-14(21)11-5-4-10(3-2-6-20)12(15)7-11/h4-5,7-9,20H,6H2,1H3,(H,18,21)(H,16,17,19). The molecule has 1 aromatic carbocycles. The van der Waals surface area contributed by atoms with Crippen molar-refractivity contribution in [2.45, 2.75) is 13.0 Å². The third-order valence-electron chi connectivity index (χ3n) is 2.72. The number of H-pyrrole nitrogens is 1. The summed E-state index contributed by atoms with van der Waals surface area (Å²) < 4.78 is 0. The third kappa shape index (κ3) is 3.81. The predicted octanol–water partition coefficient (Wildman–Crippen LogP) is 1.29. The predicted molar refractivity (Wildman–Crippen MR) is 77.7 cm³/mol. The molecule has 1 heterocycles. The molecule has 1 aromatic heterocycles. The molecule has 0 fully saturated rings. The Morgan fingerprint density at radius 2 is 2.38 bits per heavy atom. The van der Waals surface area contributed by atoms with Gasteiger partial charge in [-0.05, 0) is 25.1 Å². The van der Waals surface area contributed by atoms with E-state index in [9.17, 15) is 4.79 Å². The number of hydrogen-bond donors (Lipinski definition) is 3. The largest absolute Gasteiger partial charge is 0.384 e. The van der Waals surface area contributed by atoms with Crippen molar-refractivity contribution in [2.24, 2.45) is 0 Å². The highest BCUT2D eigenvalue weighted by molar-refractivity contribution is 6.32. The number of carbonyl (C=O) groups excluding carboxylic acids is 1. The lowest BCUT2D eigenvalue weighted by Crippen LogP contribution is -2.27. The molecule has 0 aliphatic heterocycles. The molecule has 2 aromatic rings. The highest BCUT2D eigenvalue weighted by Crippen LogP contribution is 2.17. The van der Waals surface area contributed by atoms with E-state index in [4.69, 9.17) is 16.7 Å². The molecule has 21 heavy (non-hydrogen) atoms. The smallest absolute Gasteiger partial charge is 0.251 e. The van der Waals surface area contributed by atoms with Gasteiger partial charge < -0.3 is 10.4 Å². The van der Waals surface area contributed by atoms with E-state index in [2.05, 4.69) is 32.3 Å². The summed E-state index contributed by atoms with van der Waals surface area (Å²) in [6.07, 6.45) is 1.38. The Hall–Kier alpha value is -2.36. The number of aromatic amines is 1. The fourth-order valence-corrected chi connectivity index (χ4v) is 1.89. The van der Waals surface area contributed by atoms with Crippen molar-refractivity contribution in [3.05, 3.63) is 46.5 Å². The first-order chi connectivity index (χ1) is 10.1. The molecular weight excluding hydrogens is 292 g/mol. The maximum atomic E-state index is 12.1. The van der Waals surface area contributed by atoms with Crippen LogP contribution in [-0.4, -0.2) is 32.8 Å². The van der Waals surface area contributed by atoms with Gasteiger partial charge in [-0.15, -0.1) is 0 Å². The van der Waals surface area contributed by atoms with E-state index < -0.39 is 0 Å². The van der Waals surface area contributed by atoms with Crippen LogP contribution in [0.2, 0.25) is 5.02 Å². The maximum absolute atomic E-state index is 12.1. The van der Waals surface area contributed by atoms with Gasteiger partial charge in [0.2, 0.25) is 0 Å². The Kier molecular flexibility index (Phi) is 4.93. The molecule has 0 spiro atoms. The van der Waals surface area contributed by atoms with Crippen LogP contribution in [0.1, 0.15) is 34.7 Å². The fourth-order valence-electron chi connectivity index (χ4n) is 1.66. The van der Waals surface area contributed by atoms with Crippen molar-refractivity contribution in [3.8, 4) is 11.8 Å². The first-order valence-corrected chi connectivity index (χ1v) is 6.55. The average molecular weight is 305 g/mol. The number of hydrogen-bond acceptors (Lipinski definition) is 4. The number of amides is 1. The van der Waals surface area contributed by atoms with E-state index in [0.717, 1.165) is 0 Å². The number of nitrogens with one attached hydrogen (secondary N) is 2. The molecule has 0 saturated carbocycles. The Labute approximate surface area is 126 Å². The zero-order valence-electron chi connectivity index (χ0n) is 11.2. The number of benzene rings is 1. The lowest BCUT2D eigenvalue weighted by Gasteiger charge is -2.11. The molecule has 1 atom stereocenters. The Balaban J connectivity index is 2.11. The van der Waals surface area contributed by atoms with Gasteiger partial charge in [0.15, 0.2) is 0 Å². The lowest BCUT2D eigenvalue weighted by molar-refractivity contribution is 0.0938. The summed E-state index contributed by atoms with van der Waals surface area (Å²) in [5, 5.41) is 18.2. The molecule has 3 N–H and O–H groups in total. The summed E-state index contributed by atoms with van der Waals surface area (Å²) in [6, 6.07) is 4.49. The van der Waals surface area contributed by atoms with Crippen LogP contribution in [0.25, 0.3) is 0 Å². The van der Waals surface area contributed by atoms with Crippen LogP contribution < -0.4 is 5.32 Å². The highest BCUT2D eigenvalue weighted by Gasteiger charge is 2.14. The summed E-state index contributed by atoms with van der Waals surface area (Å²) in [5.74, 6) is 5.50. The van der Waals surface area contributed by atoms with Gasteiger partial charge in [0.05, 0.1) is 11.1 Å². The van der Waals surface area contributed by atoms with Gasteiger partial charge in [-0.1, -0.05) is 23.4 Å². The molecule has 1 amide bonds. The SMILES string of the molecule is CC(NC(=O)c1ccc(C#CCO)c(Cl)c1)c1ncn[nH]1. The Morgan fingerprint density at radius 3 is 3.00 bits per heavy atom. The Bertz CT molecular complexity index is 689. The third-order valence-corrected chi connectivity index (χ3v) is 3.04. The molecule has 6 nitrogen and oxygen atoms in total. The molecule has 0 radical (unpaired) electrons. The van der Waals surface area contributed by atoms with E-state index in [0.29, 0.717) is 22.0 Å². The zero-order chi connectivity index (χ0) is 15.2. The average Bonchev–Trinajstić information content (AvgIpc) is 3.00. The van der Waals surface area contributed by atoms with Gasteiger partial charge >= 0.3 is 0 Å². The van der Waals surface area contributed by atoms with E-state index in [-0.39, 0.29) is 18.6 Å². The van der Waals surface area contributed by atoms with Crippen LogP contribution in [0.5, 0.6) is 0 Å². The maximum Gasteiger partial charge on any atom is 0.251 e. The molecule has 0 bridgehead atoms. The van der Waals surface area contributed by atoms with Gasteiger partial charge in [0, 0.05) is 11.1 Å². The van der Waals surface area contributed by atoms with E-state index in [1.807, 2.05) is 0 Å². The van der Waals surface area contributed by atoms with Crippen LogP contribution in [0, 0.1) is 11.8 Å². The molecular formula is C14H13ClN4O2. The summed E-state index contributed by atoms with van der Waals surface area (Å²) in [5.41, 5.74) is 0.978. The quantitative estimate of drug-likeness (QED) is 0.745. The highest BCUT2D eigenvalue weighted by atomic mass is 35.5. The summed E-state index contributed by atoms with van der Waals surface area (Å²) in [6.45, 7) is 1.55. The number of aliphatic hydroxyl groups is 1. The first-order valence-electron chi connectivity index (χ1n) is 6.17. The van der Waals surface area contributed by atoms with E-state index in [1.54, 1.807) is 19.1 Å². The first kappa shape index (κ1) is 15.0. The van der Waals surface area contributed by atoms with Crippen LogP contribution in [0.15, 0.2) is 24.5 Å². The minimum Gasteiger partial charge on any atom is -0.384 e. The van der Waals surface area contributed by atoms with Gasteiger partial charge in [-0.3, -0.25) is 9.89 Å². The normalized spacial score (nSPS) is 11.4. The summed E-state index contributed by atoms with van der Waals surface area (Å²) >= 11 is 6.05. The van der Waals surface area contributed by atoms with Crippen molar-refractivity contribution in [3.63, 3.8) is 0 Å². The minimum absolute atomic E-state index is 0.243. The minimum atomic E-state index is -0.298. The van der Waals surface area contributed by atoms with Crippen molar-refractivity contribution in [2.75, 3.05) is 6.61 Å².